The van der Waals surface area contributed by atoms with Gasteiger partial charge in [0.15, 0.2) is 0 Å². The highest BCUT2D eigenvalue weighted by atomic mass is 32.1. The lowest BCUT2D eigenvalue weighted by Gasteiger charge is -1.96. The summed E-state index contributed by atoms with van der Waals surface area (Å²) in [4.78, 5) is 14.7. The van der Waals surface area contributed by atoms with Crippen LogP contribution in [0.2, 0.25) is 0 Å². The molecule has 1 heterocycles. The molecule has 114 valence electrons. The molecule has 23 heavy (non-hydrogen) atoms. The lowest BCUT2D eigenvalue weighted by atomic mass is 10.2. The topological polar surface area (TPSA) is 80.4 Å². The van der Waals surface area contributed by atoms with E-state index >= 15 is 0 Å². The molecule has 0 aliphatic carbocycles. The van der Waals surface area contributed by atoms with Gasteiger partial charge in [-0.05, 0) is 0 Å². The Bertz CT molecular complexity index is 846. The van der Waals surface area contributed by atoms with Crippen LogP contribution >= 0.6 is 11.3 Å². The highest BCUT2D eigenvalue weighted by molar-refractivity contribution is 7.14. The monoisotopic (exact) mass is 324 g/mol. The molecule has 1 N–H and O–H groups in total. The summed E-state index contributed by atoms with van der Waals surface area (Å²) in [5.41, 5.74) is 5.44. The second kappa shape index (κ2) is 6.80. The molecule has 0 aliphatic heterocycles. The van der Waals surface area contributed by atoms with Crippen LogP contribution in [0.1, 0.15) is 5.56 Å². The number of nitrogens with one attached hydrogen (secondary N) is 1. The number of hydrogen-bond donors (Lipinski definition) is 1. The summed E-state index contributed by atoms with van der Waals surface area (Å²) in [6.07, 6.45) is 1.52. The third-order valence-corrected chi connectivity index (χ3v) is 3.78. The van der Waals surface area contributed by atoms with Gasteiger partial charge in [-0.1, -0.05) is 42.5 Å². The van der Waals surface area contributed by atoms with Crippen molar-refractivity contribution in [3.05, 3.63) is 75.7 Å². The minimum atomic E-state index is -0.433. The number of rotatable bonds is 5. The summed E-state index contributed by atoms with van der Waals surface area (Å²) in [5.74, 6) is 0. The minimum absolute atomic E-state index is 0.0366. The van der Waals surface area contributed by atoms with Gasteiger partial charge in [0, 0.05) is 28.6 Å². The molecule has 0 fully saturated rings. The van der Waals surface area contributed by atoms with Crippen molar-refractivity contribution in [1.82, 2.24) is 4.98 Å². The minimum Gasteiger partial charge on any atom is -0.258 e. The SMILES string of the molecule is O=[N+]([O-])c1cccc(/C=N/Nc2nc(-c3ccccc3)cs2)c1. The molecule has 1 aromatic heterocycles. The van der Waals surface area contributed by atoms with E-state index in [0.717, 1.165) is 11.3 Å². The molecule has 0 aliphatic rings. The lowest BCUT2D eigenvalue weighted by Crippen LogP contribution is -1.92. The molecule has 0 unspecified atom stereocenters. The smallest absolute Gasteiger partial charge is 0.258 e. The summed E-state index contributed by atoms with van der Waals surface area (Å²) in [6.45, 7) is 0. The second-order valence-electron chi connectivity index (χ2n) is 4.63. The summed E-state index contributed by atoms with van der Waals surface area (Å²) < 4.78 is 0. The Balaban J connectivity index is 1.68. The van der Waals surface area contributed by atoms with Gasteiger partial charge >= 0.3 is 0 Å². The van der Waals surface area contributed by atoms with Crippen LogP contribution in [0, 0.1) is 10.1 Å². The van der Waals surface area contributed by atoms with E-state index in [0.29, 0.717) is 10.7 Å². The first kappa shape index (κ1) is 14.9. The third-order valence-electron chi connectivity index (χ3n) is 3.03. The summed E-state index contributed by atoms with van der Waals surface area (Å²) >= 11 is 1.44. The predicted octanol–water partition coefficient (Wildman–Crippen LogP) is 4.16. The summed E-state index contributed by atoms with van der Waals surface area (Å²) in [6, 6.07) is 16.1. The van der Waals surface area contributed by atoms with Crippen molar-refractivity contribution in [2.75, 3.05) is 5.43 Å². The zero-order valence-electron chi connectivity index (χ0n) is 11.9. The van der Waals surface area contributed by atoms with Gasteiger partial charge in [0.1, 0.15) is 0 Å². The Kier molecular flexibility index (Phi) is 4.39. The van der Waals surface area contributed by atoms with Gasteiger partial charge in [-0.2, -0.15) is 5.10 Å². The number of aromatic nitrogens is 1. The van der Waals surface area contributed by atoms with E-state index in [1.807, 2.05) is 35.7 Å². The number of anilines is 1. The molecule has 0 bridgehead atoms. The first-order valence-corrected chi connectivity index (χ1v) is 7.65. The fourth-order valence-electron chi connectivity index (χ4n) is 1.95. The van der Waals surface area contributed by atoms with Crippen LogP contribution in [0.3, 0.4) is 0 Å². The van der Waals surface area contributed by atoms with Crippen molar-refractivity contribution in [3.8, 4) is 11.3 Å². The molecule has 3 rings (SSSR count). The Morgan fingerprint density at radius 1 is 1.17 bits per heavy atom. The van der Waals surface area contributed by atoms with Gasteiger partial charge in [0.25, 0.3) is 5.69 Å². The highest BCUT2D eigenvalue weighted by Gasteiger charge is 2.05. The van der Waals surface area contributed by atoms with Gasteiger partial charge in [0.05, 0.1) is 16.8 Å². The van der Waals surface area contributed by atoms with E-state index in [-0.39, 0.29) is 5.69 Å². The van der Waals surface area contributed by atoms with E-state index in [9.17, 15) is 10.1 Å². The zero-order valence-corrected chi connectivity index (χ0v) is 12.7. The molecule has 0 saturated carbocycles. The molecule has 0 spiro atoms. The summed E-state index contributed by atoms with van der Waals surface area (Å²) in [5, 5.41) is 17.4. The standard InChI is InChI=1S/C16H12N4O2S/c21-20(22)14-8-4-5-12(9-14)10-17-19-16-18-15(11-23-16)13-6-2-1-3-7-13/h1-11H,(H,18,19)/b17-10+. The first-order chi connectivity index (χ1) is 11.2. The number of nitro benzene ring substituents is 1. The van der Waals surface area contributed by atoms with Crippen LogP contribution in [-0.4, -0.2) is 16.1 Å². The lowest BCUT2D eigenvalue weighted by molar-refractivity contribution is -0.384. The number of hydrazone groups is 1. The van der Waals surface area contributed by atoms with Gasteiger partial charge in [-0.25, -0.2) is 4.98 Å². The first-order valence-electron chi connectivity index (χ1n) is 6.77. The van der Waals surface area contributed by atoms with Gasteiger partial charge < -0.3 is 0 Å². The Hall–Kier alpha value is -3.06. The average molecular weight is 324 g/mol. The van der Waals surface area contributed by atoms with E-state index in [1.54, 1.807) is 12.1 Å². The second-order valence-corrected chi connectivity index (χ2v) is 5.48. The van der Waals surface area contributed by atoms with Crippen LogP contribution in [0.15, 0.2) is 65.1 Å². The van der Waals surface area contributed by atoms with Crippen molar-refractivity contribution in [3.63, 3.8) is 0 Å². The highest BCUT2D eigenvalue weighted by Crippen LogP contribution is 2.24. The molecule has 0 radical (unpaired) electrons. The zero-order chi connectivity index (χ0) is 16.1. The van der Waals surface area contributed by atoms with E-state index in [1.165, 1.54) is 29.7 Å². The van der Waals surface area contributed by atoms with Crippen LogP contribution in [0.4, 0.5) is 10.8 Å². The quantitative estimate of drug-likeness (QED) is 0.434. The number of thiazole rings is 1. The van der Waals surface area contributed by atoms with Gasteiger partial charge in [-0.15, -0.1) is 11.3 Å². The summed E-state index contributed by atoms with van der Waals surface area (Å²) in [7, 11) is 0. The Labute approximate surface area is 136 Å². The molecule has 0 amide bonds. The molecular weight excluding hydrogens is 312 g/mol. The molecule has 6 nitrogen and oxygen atoms in total. The fraction of sp³-hybridized carbons (Fsp3) is 0. The van der Waals surface area contributed by atoms with Gasteiger partial charge in [0.2, 0.25) is 5.13 Å². The van der Waals surface area contributed by atoms with E-state index in [4.69, 9.17) is 0 Å². The predicted molar refractivity (Wildman–Crippen MR) is 91.9 cm³/mol. The maximum absolute atomic E-state index is 10.7. The third kappa shape index (κ3) is 3.78. The molecular formula is C16H12N4O2S. The van der Waals surface area contributed by atoms with Crippen LogP contribution < -0.4 is 5.43 Å². The molecule has 2 aromatic carbocycles. The van der Waals surface area contributed by atoms with Crippen molar-refractivity contribution < 1.29 is 4.92 Å². The molecule has 3 aromatic rings. The van der Waals surface area contributed by atoms with Crippen LogP contribution in [0.25, 0.3) is 11.3 Å². The van der Waals surface area contributed by atoms with Crippen molar-refractivity contribution in [1.29, 1.82) is 0 Å². The molecule has 0 saturated heterocycles. The number of hydrogen-bond acceptors (Lipinski definition) is 6. The van der Waals surface area contributed by atoms with Crippen molar-refractivity contribution in [2.24, 2.45) is 5.10 Å². The maximum Gasteiger partial charge on any atom is 0.270 e. The Morgan fingerprint density at radius 2 is 2.00 bits per heavy atom. The van der Waals surface area contributed by atoms with Crippen LogP contribution in [0.5, 0.6) is 0 Å². The van der Waals surface area contributed by atoms with Gasteiger partial charge in [-0.3, -0.25) is 15.5 Å². The largest absolute Gasteiger partial charge is 0.270 e. The Morgan fingerprint density at radius 3 is 2.78 bits per heavy atom. The molecule has 7 heteroatoms. The number of non-ortho nitro benzene ring substituents is 1. The molecule has 0 atom stereocenters. The number of nitro groups is 1. The average Bonchev–Trinajstić information content (AvgIpc) is 3.05. The number of nitrogens with zero attached hydrogens (tertiary/aromatic N) is 3. The van der Waals surface area contributed by atoms with Crippen molar-refractivity contribution in [2.45, 2.75) is 0 Å². The van der Waals surface area contributed by atoms with Crippen LogP contribution in [-0.2, 0) is 0 Å². The maximum atomic E-state index is 10.7. The van der Waals surface area contributed by atoms with Crippen molar-refractivity contribution >= 4 is 28.4 Å². The van der Waals surface area contributed by atoms with E-state index < -0.39 is 4.92 Å². The number of benzene rings is 2. The normalized spacial score (nSPS) is 10.8. The fourth-order valence-corrected chi connectivity index (χ4v) is 2.62. The van der Waals surface area contributed by atoms with E-state index in [2.05, 4.69) is 15.5 Å².